The van der Waals surface area contributed by atoms with Crippen LogP contribution in [0.1, 0.15) is 17.2 Å². The number of benzene rings is 1. The molecule has 1 unspecified atom stereocenters. The van der Waals surface area contributed by atoms with Crippen molar-refractivity contribution in [1.82, 2.24) is 4.57 Å². The molecule has 0 spiro atoms. The second kappa shape index (κ2) is 5.42. The molecule has 0 fully saturated rings. The summed E-state index contributed by atoms with van der Waals surface area (Å²) in [5.74, 6) is 0. The molecule has 0 saturated carbocycles. The van der Waals surface area contributed by atoms with Crippen molar-refractivity contribution in [1.29, 1.82) is 0 Å². The molecule has 0 aliphatic carbocycles. The van der Waals surface area contributed by atoms with Crippen LogP contribution in [0.2, 0.25) is 0 Å². The lowest BCUT2D eigenvalue weighted by Gasteiger charge is -2.26. The monoisotopic (exact) mass is 334 g/mol. The maximum Gasteiger partial charge on any atom is 0.265 e. The van der Waals surface area contributed by atoms with Gasteiger partial charge < -0.3 is 15.0 Å². The van der Waals surface area contributed by atoms with Crippen LogP contribution in [0.15, 0.2) is 45.8 Å². The molecule has 0 saturated heterocycles. The molecule has 2 heterocycles. The van der Waals surface area contributed by atoms with E-state index in [4.69, 9.17) is 10.5 Å². The number of halogens is 1. The Hall–Kier alpha value is -1.59. The molecule has 2 N–H and O–H groups in total. The number of ether oxygens (including phenoxy) is 1. The van der Waals surface area contributed by atoms with Gasteiger partial charge in [-0.1, -0.05) is 24.3 Å². The molecule has 4 nitrogen and oxygen atoms in total. The molecule has 1 atom stereocenters. The third-order valence-electron chi connectivity index (χ3n) is 3.52. The Labute approximate surface area is 125 Å². The minimum Gasteiger partial charge on any atom is -0.398 e. The van der Waals surface area contributed by atoms with Gasteiger partial charge in [0.2, 0.25) is 0 Å². The molecular formula is C15H15BrN2O2. The number of nitrogen functional groups attached to an aromatic ring is 1. The van der Waals surface area contributed by atoms with Gasteiger partial charge in [0, 0.05) is 11.9 Å². The summed E-state index contributed by atoms with van der Waals surface area (Å²) in [6, 6.07) is 9.83. The van der Waals surface area contributed by atoms with Crippen molar-refractivity contribution >= 4 is 21.6 Å². The Morgan fingerprint density at radius 3 is 3.05 bits per heavy atom. The average molecular weight is 335 g/mol. The molecule has 104 valence electrons. The number of anilines is 1. The molecule has 1 aromatic heterocycles. The van der Waals surface area contributed by atoms with Crippen LogP contribution in [0.4, 0.5) is 5.69 Å². The fraction of sp³-hybridized carbons (Fsp3) is 0.267. The summed E-state index contributed by atoms with van der Waals surface area (Å²) in [5.41, 5.74) is 8.71. The maximum atomic E-state index is 12.1. The van der Waals surface area contributed by atoms with Crippen LogP contribution in [-0.2, 0) is 17.7 Å². The van der Waals surface area contributed by atoms with Crippen LogP contribution in [0.25, 0.3) is 0 Å². The number of aromatic nitrogens is 1. The van der Waals surface area contributed by atoms with Gasteiger partial charge in [-0.25, -0.2) is 0 Å². The maximum absolute atomic E-state index is 12.1. The molecular weight excluding hydrogens is 320 g/mol. The van der Waals surface area contributed by atoms with Crippen LogP contribution in [0, 0.1) is 0 Å². The van der Waals surface area contributed by atoms with Crippen LogP contribution in [-0.4, -0.2) is 11.2 Å². The first-order valence-corrected chi connectivity index (χ1v) is 7.29. The van der Waals surface area contributed by atoms with Gasteiger partial charge >= 0.3 is 0 Å². The summed E-state index contributed by atoms with van der Waals surface area (Å²) < 4.78 is 7.90. The largest absolute Gasteiger partial charge is 0.398 e. The quantitative estimate of drug-likeness (QED) is 0.917. The third-order valence-corrected chi connectivity index (χ3v) is 4.09. The lowest BCUT2D eigenvalue weighted by atomic mass is 9.97. The predicted octanol–water partition coefficient (Wildman–Crippen LogP) is 2.51. The highest BCUT2D eigenvalue weighted by Crippen LogP contribution is 2.28. The summed E-state index contributed by atoms with van der Waals surface area (Å²) in [7, 11) is 0. The normalized spacial score (nSPS) is 17.8. The van der Waals surface area contributed by atoms with Gasteiger partial charge in [-0.2, -0.15) is 0 Å². The first-order valence-electron chi connectivity index (χ1n) is 6.50. The van der Waals surface area contributed by atoms with Crippen molar-refractivity contribution in [2.45, 2.75) is 19.1 Å². The molecule has 1 aromatic carbocycles. The van der Waals surface area contributed by atoms with Gasteiger partial charge in [0.25, 0.3) is 5.56 Å². The number of hydrogen-bond acceptors (Lipinski definition) is 3. The first-order chi connectivity index (χ1) is 9.65. The minimum absolute atomic E-state index is 0.0918. The number of fused-ring (bicyclic) bond motifs is 1. The Kier molecular flexibility index (Phi) is 3.63. The molecule has 0 amide bonds. The highest BCUT2D eigenvalue weighted by Gasteiger charge is 2.21. The van der Waals surface area contributed by atoms with Gasteiger partial charge in [0.05, 0.1) is 17.6 Å². The lowest BCUT2D eigenvalue weighted by molar-refractivity contribution is 0.0299. The third kappa shape index (κ3) is 2.51. The van der Waals surface area contributed by atoms with E-state index in [1.807, 2.05) is 12.1 Å². The van der Waals surface area contributed by atoms with Crippen molar-refractivity contribution in [2.75, 3.05) is 12.3 Å². The minimum atomic E-state index is -0.105. The van der Waals surface area contributed by atoms with Crippen molar-refractivity contribution in [3.8, 4) is 0 Å². The first kappa shape index (κ1) is 13.4. The molecule has 5 heteroatoms. The van der Waals surface area contributed by atoms with Crippen LogP contribution in [0.5, 0.6) is 0 Å². The predicted molar refractivity (Wildman–Crippen MR) is 81.7 cm³/mol. The summed E-state index contributed by atoms with van der Waals surface area (Å²) in [5, 5.41) is 0. The number of pyridine rings is 1. The van der Waals surface area contributed by atoms with Crippen molar-refractivity contribution in [3.63, 3.8) is 0 Å². The van der Waals surface area contributed by atoms with Crippen LogP contribution >= 0.6 is 15.9 Å². The molecule has 0 bridgehead atoms. The second-order valence-corrected chi connectivity index (χ2v) is 5.74. The molecule has 1 aliphatic heterocycles. The standard InChI is InChI=1S/C15H15BrN2O2/c16-13-7-11(17)8-18(15(13)19)9-14-12-4-2-1-3-10(12)5-6-20-14/h1-4,7-8,14H,5-6,9,17H2. The zero-order chi connectivity index (χ0) is 14.1. The SMILES string of the molecule is Nc1cc(Br)c(=O)n(CC2OCCc3ccccc32)c1. The molecule has 20 heavy (non-hydrogen) atoms. The van der Waals surface area contributed by atoms with E-state index in [0.717, 1.165) is 12.0 Å². The van der Waals surface area contributed by atoms with Gasteiger partial charge in [-0.15, -0.1) is 0 Å². The Morgan fingerprint density at radius 1 is 1.40 bits per heavy atom. The van der Waals surface area contributed by atoms with E-state index < -0.39 is 0 Å². The van der Waals surface area contributed by atoms with E-state index in [0.29, 0.717) is 23.3 Å². The van der Waals surface area contributed by atoms with Gasteiger partial charge in [-0.05, 0) is 39.5 Å². The average Bonchev–Trinajstić information content (AvgIpc) is 2.44. The van der Waals surface area contributed by atoms with Crippen molar-refractivity contribution < 1.29 is 4.74 Å². The second-order valence-electron chi connectivity index (χ2n) is 4.89. The van der Waals surface area contributed by atoms with Crippen LogP contribution in [0.3, 0.4) is 0 Å². The lowest BCUT2D eigenvalue weighted by Crippen LogP contribution is -2.27. The highest BCUT2D eigenvalue weighted by atomic mass is 79.9. The Balaban J connectivity index is 1.95. The molecule has 0 radical (unpaired) electrons. The fourth-order valence-corrected chi connectivity index (χ4v) is 3.06. The number of hydrogen-bond donors (Lipinski definition) is 1. The fourth-order valence-electron chi connectivity index (χ4n) is 2.56. The number of rotatable bonds is 2. The summed E-state index contributed by atoms with van der Waals surface area (Å²) in [4.78, 5) is 12.1. The van der Waals surface area contributed by atoms with Crippen molar-refractivity contribution in [3.05, 3.63) is 62.5 Å². The molecule has 3 rings (SSSR count). The summed E-state index contributed by atoms with van der Waals surface area (Å²) in [6.07, 6.45) is 2.47. The van der Waals surface area contributed by atoms with E-state index in [-0.39, 0.29) is 11.7 Å². The number of nitrogens with zero attached hydrogens (tertiary/aromatic N) is 1. The zero-order valence-corrected chi connectivity index (χ0v) is 12.5. The Morgan fingerprint density at radius 2 is 2.20 bits per heavy atom. The van der Waals surface area contributed by atoms with Crippen LogP contribution < -0.4 is 11.3 Å². The van der Waals surface area contributed by atoms with E-state index >= 15 is 0 Å². The van der Waals surface area contributed by atoms with E-state index in [2.05, 4.69) is 28.1 Å². The Bertz CT molecular complexity index is 697. The summed E-state index contributed by atoms with van der Waals surface area (Å²) >= 11 is 3.24. The van der Waals surface area contributed by atoms with E-state index in [9.17, 15) is 4.79 Å². The molecule has 2 aromatic rings. The summed E-state index contributed by atoms with van der Waals surface area (Å²) in [6.45, 7) is 1.15. The smallest absolute Gasteiger partial charge is 0.265 e. The topological polar surface area (TPSA) is 57.2 Å². The zero-order valence-electron chi connectivity index (χ0n) is 10.9. The van der Waals surface area contributed by atoms with Gasteiger partial charge in [0.1, 0.15) is 6.10 Å². The van der Waals surface area contributed by atoms with Gasteiger partial charge in [0.15, 0.2) is 0 Å². The molecule has 1 aliphatic rings. The number of nitrogens with two attached hydrogens (primary N) is 1. The highest BCUT2D eigenvalue weighted by molar-refractivity contribution is 9.10. The van der Waals surface area contributed by atoms with E-state index in [1.165, 1.54) is 5.56 Å². The van der Waals surface area contributed by atoms with E-state index in [1.54, 1.807) is 16.8 Å². The van der Waals surface area contributed by atoms with Crippen molar-refractivity contribution in [2.24, 2.45) is 0 Å². The van der Waals surface area contributed by atoms with Gasteiger partial charge in [-0.3, -0.25) is 4.79 Å².